The molecule has 2 aliphatic heterocycles. The smallest absolute Gasteiger partial charge is 0.407 e. The second-order valence-electron chi connectivity index (χ2n) is 16.5. The molecule has 3 aromatic rings. The van der Waals surface area contributed by atoms with Crippen molar-refractivity contribution in [3.8, 4) is 29.4 Å². The number of thioether (sulfide) groups is 1. The van der Waals surface area contributed by atoms with Crippen LogP contribution in [-0.4, -0.2) is 143 Å². The Morgan fingerprint density at radius 1 is 1.17 bits per heavy atom. The van der Waals surface area contributed by atoms with Crippen molar-refractivity contribution in [3.63, 3.8) is 0 Å². The predicted octanol–water partition coefficient (Wildman–Crippen LogP) is 4.31. The minimum atomic E-state index is -1.34. The number of pyridine rings is 1. The van der Waals surface area contributed by atoms with Crippen LogP contribution in [0.2, 0.25) is 0 Å². The number of ether oxygens (including phenoxy) is 6. The number of phenolic OH excluding ortho intramolecular Hbond substituents is 1. The molecule has 1 amide bonds. The van der Waals surface area contributed by atoms with Crippen LogP contribution in [0.3, 0.4) is 0 Å². The molecule has 11 atom stereocenters. The average Bonchev–Trinajstić information content (AvgIpc) is 3.65. The number of amides is 1. The number of rotatable bonds is 13. The van der Waals surface area contributed by atoms with E-state index in [9.17, 15) is 19.8 Å². The highest BCUT2D eigenvalue weighted by atomic mass is 32.8. The fourth-order valence-electron chi connectivity index (χ4n) is 8.79. The summed E-state index contributed by atoms with van der Waals surface area (Å²) in [6.07, 6.45) is 2.52. The van der Waals surface area contributed by atoms with Crippen LogP contribution in [0.1, 0.15) is 50.5 Å². The number of carbonyl (C=O) groups excluding carboxylic acids is 3. The van der Waals surface area contributed by atoms with E-state index in [-0.39, 0.29) is 66.0 Å². The first kappa shape index (κ1) is 48.5. The molecule has 0 bridgehead atoms. The number of allylic oxidation sites excluding steroid dienone is 2. The summed E-state index contributed by atoms with van der Waals surface area (Å²) in [6, 6.07) is 5.49. The van der Waals surface area contributed by atoms with Gasteiger partial charge in [0.25, 0.3) is 0 Å². The number of nitrogens with zero attached hydrogens (tertiary/aromatic N) is 1. The highest BCUT2D eigenvalue weighted by Gasteiger charge is 2.55. The zero-order valence-electron chi connectivity index (χ0n) is 37.2. The maximum atomic E-state index is 15.3. The highest BCUT2D eigenvalue weighted by Crippen LogP contribution is 2.45. The second kappa shape index (κ2) is 21.0. The number of carbonyl (C=O) groups is 3. The van der Waals surface area contributed by atoms with Crippen molar-refractivity contribution in [3.05, 3.63) is 71.1 Å². The molecule has 15 nitrogen and oxygen atoms in total. The number of nitrogens with one attached hydrogen (secondary N) is 3. The normalized spacial score (nSPS) is 30.8. The molecule has 65 heavy (non-hydrogen) atoms. The zero-order chi connectivity index (χ0) is 46.6. The Bertz CT molecular complexity index is 2570. The van der Waals surface area contributed by atoms with Crippen LogP contribution in [0.5, 0.6) is 5.75 Å². The van der Waals surface area contributed by atoms with Crippen LogP contribution in [0, 0.1) is 23.7 Å². The van der Waals surface area contributed by atoms with Crippen molar-refractivity contribution in [1.29, 1.82) is 0 Å². The van der Waals surface area contributed by atoms with Gasteiger partial charge in [0.15, 0.2) is 18.4 Å². The van der Waals surface area contributed by atoms with Gasteiger partial charge in [-0.3, -0.25) is 14.6 Å². The number of hydrogen-bond acceptors (Lipinski definition) is 15. The lowest BCUT2D eigenvalue weighted by Crippen LogP contribution is -2.60. The number of hydrogen-bond donors (Lipinski definition) is 5. The monoisotopic (exact) mass is 946 g/mol. The Balaban J connectivity index is 1.33. The van der Waals surface area contributed by atoms with Crippen molar-refractivity contribution in [2.24, 2.45) is 0 Å². The Morgan fingerprint density at radius 2 is 1.95 bits per heavy atom. The largest absolute Gasteiger partial charge is 0.508 e. The summed E-state index contributed by atoms with van der Waals surface area (Å²) >= 11 is 6.86. The van der Waals surface area contributed by atoms with Gasteiger partial charge in [-0.2, -0.15) is 0 Å². The molecular weight excluding hydrogens is 893 g/mol. The summed E-state index contributed by atoms with van der Waals surface area (Å²) in [5.41, 5.74) is 2.16. The summed E-state index contributed by atoms with van der Waals surface area (Å²) in [4.78, 5) is 49.9. The molecule has 2 saturated heterocycles. The van der Waals surface area contributed by atoms with E-state index < -0.39 is 69.1 Å². The van der Waals surface area contributed by atoms with Crippen LogP contribution < -0.4 is 10.6 Å². The summed E-state index contributed by atoms with van der Waals surface area (Å²) in [5.74, 6) is 11.7. The zero-order valence-corrected chi connectivity index (χ0v) is 39.6. The maximum absolute atomic E-state index is 15.3. The lowest BCUT2D eigenvalue weighted by atomic mass is 9.85. The van der Waals surface area contributed by atoms with Gasteiger partial charge in [-0.05, 0) is 61.4 Å². The maximum Gasteiger partial charge on any atom is 0.407 e. The Morgan fingerprint density at radius 3 is 2.68 bits per heavy atom. The molecule has 4 heterocycles. The van der Waals surface area contributed by atoms with Crippen molar-refractivity contribution in [1.82, 2.24) is 20.6 Å². The van der Waals surface area contributed by atoms with Crippen LogP contribution in [0.25, 0.3) is 21.8 Å². The molecule has 4 aliphatic rings. The lowest BCUT2D eigenvalue weighted by Gasteiger charge is -2.48. The standard InChI is InChI=1S/C47H54N4O11S3/c1-25(2)49-33-24-59-39(22-37(33)57-4)61-38-23-47(64-6,44(55)43-42-28(16-18-48-43)31-20-27(52)14-15-32(31)50-42)26(3)60-45(38)62-36-13-11-9-8-10-12-30-40(36)29(17-19-65(7)63)34(53)21-35(54)41(30)51-46(56)58-5/h8-9,14-18,20,25-26,33-34,36-39,41,45,49-50,52-53H,19,21-24H2,1-7H3,(H,51,56)/b9-8-,29-17-/t26?,33?,34-,36-,37?,38?,39?,41?,45?,47?,65?/m0/s1. The number of aromatic nitrogens is 2. The van der Waals surface area contributed by atoms with E-state index in [1.165, 1.54) is 31.0 Å². The topological polar surface area (TPSA) is 200 Å². The van der Waals surface area contributed by atoms with Gasteiger partial charge < -0.3 is 54.3 Å². The molecule has 346 valence electrons. The van der Waals surface area contributed by atoms with Crippen molar-refractivity contribution < 1.29 is 53.0 Å². The molecule has 0 saturated carbocycles. The van der Waals surface area contributed by atoms with Gasteiger partial charge in [0.1, 0.15) is 34.4 Å². The molecule has 2 fully saturated rings. The lowest BCUT2D eigenvalue weighted by molar-refractivity contribution is -0.301. The summed E-state index contributed by atoms with van der Waals surface area (Å²) in [7, 11) is 2.29. The number of phenols is 1. The predicted molar refractivity (Wildman–Crippen MR) is 252 cm³/mol. The molecule has 7 rings (SSSR count). The molecule has 5 N–H and O–H groups in total. The molecule has 18 heteroatoms. The first-order valence-corrected chi connectivity index (χ1v) is 25.2. The van der Waals surface area contributed by atoms with Gasteiger partial charge >= 0.3 is 6.09 Å². The molecular formula is C47H54N4O11S3. The summed E-state index contributed by atoms with van der Waals surface area (Å²) in [6.45, 7) is 6.16. The summed E-state index contributed by atoms with van der Waals surface area (Å²) in [5, 5.41) is 29.6. The Kier molecular flexibility index (Phi) is 15.7. The van der Waals surface area contributed by atoms with Crippen molar-refractivity contribution in [2.45, 2.75) is 106 Å². The van der Waals surface area contributed by atoms with Crippen molar-refractivity contribution in [2.75, 3.05) is 39.1 Å². The van der Waals surface area contributed by atoms with E-state index >= 15 is 4.79 Å². The number of Topliss-reactive ketones (excluding diaryl/α,β-unsaturated/α-hetero) is 2. The number of aliphatic hydroxyl groups excluding tert-OH is 1. The quantitative estimate of drug-likeness (QED) is 0.120. The van der Waals surface area contributed by atoms with Gasteiger partial charge in [-0.25, -0.2) is 4.79 Å². The first-order chi connectivity index (χ1) is 31.2. The molecule has 2 aliphatic carbocycles. The second-order valence-corrected chi connectivity index (χ2v) is 20.8. The Labute approximate surface area is 389 Å². The highest BCUT2D eigenvalue weighted by molar-refractivity contribution is 8.28. The van der Waals surface area contributed by atoms with Crippen LogP contribution in [-0.2, 0) is 53.9 Å². The number of aromatic amines is 1. The van der Waals surface area contributed by atoms with E-state index in [1.54, 1.807) is 50.6 Å². The van der Waals surface area contributed by atoms with E-state index in [1.807, 2.05) is 26.4 Å². The van der Waals surface area contributed by atoms with Gasteiger partial charge in [0.05, 0.1) is 43.6 Å². The third-order valence-corrected chi connectivity index (χ3v) is 14.4. The van der Waals surface area contributed by atoms with E-state index in [2.05, 4.69) is 44.3 Å². The number of ketones is 2. The van der Waals surface area contributed by atoms with Gasteiger partial charge in [0, 0.05) is 71.8 Å². The number of aromatic hydroxyl groups is 1. The molecule has 0 radical (unpaired) electrons. The van der Waals surface area contributed by atoms with E-state index in [0.29, 0.717) is 28.6 Å². The molecule has 9 unspecified atom stereocenters. The number of aliphatic hydroxyl groups is 1. The fraction of sp³-hybridized carbons (Fsp3) is 0.489. The first-order valence-electron chi connectivity index (χ1n) is 21.2. The van der Waals surface area contributed by atoms with Gasteiger partial charge in [-0.15, -0.1) is 21.2 Å². The Hall–Kier alpha value is -4.44. The van der Waals surface area contributed by atoms with Crippen molar-refractivity contribution >= 4 is 71.9 Å². The number of fused-ring (bicyclic) bond motifs is 3. The summed E-state index contributed by atoms with van der Waals surface area (Å²) < 4.78 is 36.6. The number of methoxy groups -OCH3 is 2. The van der Waals surface area contributed by atoms with Crippen LogP contribution >= 0.6 is 11.8 Å². The van der Waals surface area contributed by atoms with Crippen LogP contribution in [0.4, 0.5) is 4.79 Å². The molecule has 0 spiro atoms. The van der Waals surface area contributed by atoms with Gasteiger partial charge in [0.2, 0.25) is 5.78 Å². The number of alkyl carbamates (subject to hydrolysis) is 1. The SMILES string of the molecule is COC(=O)NC1C(=O)C[C@H](O)/C(=C/CS(C)=S)C2=C1C#C/C=C\C#C[C@@H]2OC1OC(C)C(SC)(C(=O)c2nccc3c2[nH]c2ccc(O)cc23)CC1OC1CC(OC)C(NC(C)C)CO1. The number of benzene rings is 1. The van der Waals surface area contributed by atoms with Crippen LogP contribution in [0.15, 0.2) is 65.4 Å². The third kappa shape index (κ3) is 10.4. The number of H-pyrrole nitrogens is 1. The minimum Gasteiger partial charge on any atom is -0.508 e. The third-order valence-electron chi connectivity index (χ3n) is 11.9. The molecule has 2 aromatic heterocycles. The van der Waals surface area contributed by atoms with E-state index in [4.69, 9.17) is 39.6 Å². The fourth-order valence-corrected chi connectivity index (χ4v) is 10.4. The minimum absolute atomic E-state index is 0.0553. The van der Waals surface area contributed by atoms with Gasteiger partial charge in [-0.1, -0.05) is 54.8 Å². The van der Waals surface area contributed by atoms with E-state index in [0.717, 1.165) is 10.9 Å². The average molecular weight is 947 g/mol. The molecule has 1 aromatic carbocycles.